The van der Waals surface area contributed by atoms with Gasteiger partial charge in [-0.2, -0.15) is 0 Å². The van der Waals surface area contributed by atoms with Crippen molar-refractivity contribution in [3.05, 3.63) is 11.6 Å². The maximum atomic E-state index is 12.6. The second-order valence-electron chi connectivity index (χ2n) is 8.04. The van der Waals surface area contributed by atoms with Crippen LogP contribution in [0.4, 0.5) is 0 Å². The van der Waals surface area contributed by atoms with Crippen LogP contribution in [0.5, 0.6) is 0 Å². The second kappa shape index (κ2) is 4.80. The van der Waals surface area contributed by atoms with Gasteiger partial charge in [0.1, 0.15) is 5.82 Å². The molecule has 0 aliphatic carbocycles. The number of H-pyrrole nitrogens is 1. The Morgan fingerprint density at radius 1 is 1.19 bits per heavy atom. The van der Waals surface area contributed by atoms with E-state index in [4.69, 9.17) is 4.74 Å². The standard InChI is InChI=1S/C15H26N4O2/c1-13(2,3)12-16-10(17-18-12)11(20)19-8-14(4,5)21-15(6,7)9-19/h8-9H2,1-7H3,(H,16,17,18). The summed E-state index contributed by atoms with van der Waals surface area (Å²) in [7, 11) is 0. The van der Waals surface area contributed by atoms with Crippen molar-refractivity contribution in [2.45, 2.75) is 65.1 Å². The summed E-state index contributed by atoms with van der Waals surface area (Å²) in [5.74, 6) is 0.803. The van der Waals surface area contributed by atoms with Crippen molar-refractivity contribution in [3.63, 3.8) is 0 Å². The van der Waals surface area contributed by atoms with Gasteiger partial charge in [0.2, 0.25) is 5.82 Å². The highest BCUT2D eigenvalue weighted by atomic mass is 16.5. The van der Waals surface area contributed by atoms with Gasteiger partial charge in [0.05, 0.1) is 11.2 Å². The van der Waals surface area contributed by atoms with E-state index in [1.54, 1.807) is 4.90 Å². The highest BCUT2D eigenvalue weighted by Crippen LogP contribution is 2.28. The molecule has 1 saturated heterocycles. The second-order valence-corrected chi connectivity index (χ2v) is 8.04. The summed E-state index contributed by atoms with van der Waals surface area (Å²) in [5.41, 5.74) is -0.907. The number of rotatable bonds is 1. The van der Waals surface area contributed by atoms with E-state index in [1.807, 2.05) is 48.5 Å². The Bertz CT molecular complexity index is 524. The number of hydrogen-bond acceptors (Lipinski definition) is 4. The zero-order valence-corrected chi connectivity index (χ0v) is 14.1. The number of ether oxygens (including phenoxy) is 1. The molecule has 2 rings (SSSR count). The molecule has 1 amide bonds. The minimum atomic E-state index is -0.374. The Kier molecular flexibility index (Phi) is 3.64. The number of nitrogens with zero attached hydrogens (tertiary/aromatic N) is 3. The lowest BCUT2D eigenvalue weighted by Crippen LogP contribution is -2.58. The first-order chi connectivity index (χ1) is 9.40. The van der Waals surface area contributed by atoms with E-state index >= 15 is 0 Å². The molecule has 0 spiro atoms. The van der Waals surface area contributed by atoms with Crippen LogP contribution in [0.25, 0.3) is 0 Å². The molecule has 0 atom stereocenters. The van der Waals surface area contributed by atoms with Crippen molar-refractivity contribution in [1.82, 2.24) is 20.1 Å². The maximum Gasteiger partial charge on any atom is 0.293 e. The summed E-state index contributed by atoms with van der Waals surface area (Å²) >= 11 is 0. The number of nitrogens with one attached hydrogen (secondary N) is 1. The largest absolute Gasteiger partial charge is 0.366 e. The summed E-state index contributed by atoms with van der Waals surface area (Å²) in [6.45, 7) is 15.1. The third-order valence-corrected chi connectivity index (χ3v) is 3.37. The smallest absolute Gasteiger partial charge is 0.293 e. The first-order valence-corrected chi connectivity index (χ1v) is 7.32. The topological polar surface area (TPSA) is 71.1 Å². The zero-order valence-electron chi connectivity index (χ0n) is 14.1. The van der Waals surface area contributed by atoms with Gasteiger partial charge in [-0.15, -0.1) is 5.10 Å². The van der Waals surface area contributed by atoms with E-state index in [9.17, 15) is 4.79 Å². The fourth-order valence-electron chi connectivity index (χ4n) is 2.77. The summed E-state index contributed by atoms with van der Waals surface area (Å²) in [6, 6.07) is 0. The van der Waals surface area contributed by atoms with Crippen LogP contribution in [0.15, 0.2) is 0 Å². The molecule has 0 unspecified atom stereocenters. The van der Waals surface area contributed by atoms with Gasteiger partial charge in [-0.25, -0.2) is 4.98 Å². The molecule has 0 radical (unpaired) electrons. The van der Waals surface area contributed by atoms with Crippen LogP contribution in [0, 0.1) is 0 Å². The molecule has 0 aromatic carbocycles. The molecule has 1 aliphatic rings. The minimum absolute atomic E-state index is 0.147. The SMILES string of the molecule is CC1(C)CN(C(=O)c2n[nH]c(C(C)(C)C)n2)CC(C)(C)O1. The van der Waals surface area contributed by atoms with E-state index in [0.717, 1.165) is 5.82 Å². The fraction of sp³-hybridized carbons (Fsp3) is 0.800. The van der Waals surface area contributed by atoms with Crippen LogP contribution in [0.2, 0.25) is 0 Å². The first kappa shape index (κ1) is 15.9. The summed E-state index contributed by atoms with van der Waals surface area (Å²) < 4.78 is 5.99. The number of carbonyl (C=O) groups is 1. The zero-order chi connectivity index (χ0) is 16.1. The summed E-state index contributed by atoms with van der Waals surface area (Å²) in [4.78, 5) is 18.8. The van der Waals surface area contributed by atoms with Gasteiger partial charge in [-0.3, -0.25) is 9.89 Å². The average Bonchev–Trinajstić information content (AvgIpc) is 2.72. The van der Waals surface area contributed by atoms with E-state index in [0.29, 0.717) is 13.1 Å². The monoisotopic (exact) mass is 294 g/mol. The third kappa shape index (κ3) is 3.61. The predicted molar refractivity (Wildman–Crippen MR) is 80.2 cm³/mol. The number of morpholine rings is 1. The lowest BCUT2D eigenvalue weighted by molar-refractivity contribution is -0.171. The maximum absolute atomic E-state index is 12.6. The molecule has 6 nitrogen and oxygen atoms in total. The number of aromatic amines is 1. The molecular formula is C15H26N4O2. The fourth-order valence-corrected chi connectivity index (χ4v) is 2.77. The van der Waals surface area contributed by atoms with Crippen LogP contribution in [-0.2, 0) is 10.2 Å². The molecule has 2 heterocycles. The van der Waals surface area contributed by atoms with Gasteiger partial charge < -0.3 is 9.64 Å². The Balaban J connectivity index is 2.22. The predicted octanol–water partition coefficient (Wildman–Crippen LogP) is 2.13. The quantitative estimate of drug-likeness (QED) is 0.861. The minimum Gasteiger partial charge on any atom is -0.366 e. The van der Waals surface area contributed by atoms with Crippen molar-refractivity contribution in [2.24, 2.45) is 0 Å². The normalized spacial score (nSPS) is 21.4. The highest BCUT2D eigenvalue weighted by molar-refractivity contribution is 5.90. The molecule has 1 aliphatic heterocycles. The molecule has 1 N–H and O–H groups in total. The van der Waals surface area contributed by atoms with Gasteiger partial charge >= 0.3 is 0 Å². The Morgan fingerprint density at radius 2 is 1.71 bits per heavy atom. The number of aromatic nitrogens is 3. The van der Waals surface area contributed by atoms with Crippen LogP contribution in [0.1, 0.15) is 64.9 Å². The molecule has 1 aromatic rings. The van der Waals surface area contributed by atoms with Crippen molar-refractivity contribution in [3.8, 4) is 0 Å². The summed E-state index contributed by atoms with van der Waals surface area (Å²) in [6.07, 6.45) is 0. The lowest BCUT2D eigenvalue weighted by atomic mass is 9.96. The van der Waals surface area contributed by atoms with Gasteiger partial charge in [0.25, 0.3) is 5.91 Å². The van der Waals surface area contributed by atoms with E-state index in [-0.39, 0.29) is 28.3 Å². The van der Waals surface area contributed by atoms with Crippen LogP contribution in [0.3, 0.4) is 0 Å². The van der Waals surface area contributed by atoms with E-state index in [2.05, 4.69) is 15.2 Å². The van der Waals surface area contributed by atoms with E-state index in [1.165, 1.54) is 0 Å². The van der Waals surface area contributed by atoms with Crippen molar-refractivity contribution in [2.75, 3.05) is 13.1 Å². The molecule has 21 heavy (non-hydrogen) atoms. The molecule has 6 heteroatoms. The van der Waals surface area contributed by atoms with Crippen molar-refractivity contribution < 1.29 is 9.53 Å². The lowest BCUT2D eigenvalue weighted by Gasteiger charge is -2.46. The van der Waals surface area contributed by atoms with Gasteiger partial charge in [-0.1, -0.05) is 20.8 Å². The molecule has 1 aromatic heterocycles. The van der Waals surface area contributed by atoms with Crippen molar-refractivity contribution >= 4 is 5.91 Å². The molecule has 0 saturated carbocycles. The van der Waals surface area contributed by atoms with Crippen LogP contribution in [-0.4, -0.2) is 50.3 Å². The van der Waals surface area contributed by atoms with Crippen molar-refractivity contribution in [1.29, 1.82) is 0 Å². The van der Waals surface area contributed by atoms with Gasteiger partial charge in [0.15, 0.2) is 0 Å². The number of carbonyl (C=O) groups excluding carboxylic acids is 1. The van der Waals surface area contributed by atoms with Crippen LogP contribution < -0.4 is 0 Å². The Labute approximate surface area is 126 Å². The molecule has 118 valence electrons. The molecule has 0 bridgehead atoms. The molecule has 1 fully saturated rings. The number of hydrogen-bond donors (Lipinski definition) is 1. The van der Waals surface area contributed by atoms with Gasteiger partial charge in [0, 0.05) is 18.5 Å². The van der Waals surface area contributed by atoms with Crippen LogP contribution >= 0.6 is 0 Å². The van der Waals surface area contributed by atoms with E-state index < -0.39 is 0 Å². The van der Waals surface area contributed by atoms with Gasteiger partial charge in [-0.05, 0) is 27.7 Å². The average molecular weight is 294 g/mol. The summed E-state index contributed by atoms with van der Waals surface area (Å²) in [5, 5.41) is 6.95. The molecular weight excluding hydrogens is 268 g/mol. The highest BCUT2D eigenvalue weighted by Gasteiger charge is 2.41. The first-order valence-electron chi connectivity index (χ1n) is 7.32. The third-order valence-electron chi connectivity index (χ3n) is 3.37. The number of amides is 1. The Hall–Kier alpha value is -1.43. The Morgan fingerprint density at radius 3 is 2.14 bits per heavy atom.